The fourth-order valence-corrected chi connectivity index (χ4v) is 2.75. The van der Waals surface area contributed by atoms with Gasteiger partial charge < -0.3 is 15.5 Å². The molecule has 7 heteroatoms. The molecule has 2 aromatic carbocycles. The van der Waals surface area contributed by atoms with E-state index in [0.29, 0.717) is 23.9 Å². The van der Waals surface area contributed by atoms with Gasteiger partial charge in [0.15, 0.2) is 11.6 Å². The SMILES string of the molecule is Nc1c(NCc2ccco2)ncnc1NN(c1ccccc1)c1ccccc1. The summed E-state index contributed by atoms with van der Waals surface area (Å²) in [6.07, 6.45) is 3.10. The molecule has 4 aromatic rings. The molecule has 28 heavy (non-hydrogen) atoms. The van der Waals surface area contributed by atoms with Gasteiger partial charge in [0, 0.05) is 0 Å². The third-order valence-electron chi connectivity index (χ3n) is 4.14. The first-order valence-electron chi connectivity index (χ1n) is 8.85. The molecule has 0 aliphatic rings. The average Bonchev–Trinajstić information content (AvgIpc) is 3.27. The number of furan rings is 1. The Balaban J connectivity index is 1.61. The lowest BCUT2D eigenvalue weighted by Gasteiger charge is -2.26. The fraction of sp³-hybridized carbons (Fsp3) is 0.0476. The molecule has 4 rings (SSSR count). The minimum absolute atomic E-state index is 0.422. The van der Waals surface area contributed by atoms with Crippen LogP contribution in [0.3, 0.4) is 0 Å². The molecule has 7 nitrogen and oxygen atoms in total. The highest BCUT2D eigenvalue weighted by Gasteiger charge is 2.14. The van der Waals surface area contributed by atoms with Crippen molar-refractivity contribution in [3.63, 3.8) is 0 Å². The van der Waals surface area contributed by atoms with Crippen LogP contribution in [0.1, 0.15) is 5.76 Å². The zero-order chi connectivity index (χ0) is 19.2. The molecular formula is C21H20N6O. The number of nitrogens with two attached hydrogens (primary N) is 1. The maximum atomic E-state index is 6.32. The second-order valence-electron chi connectivity index (χ2n) is 6.04. The molecule has 140 valence electrons. The highest BCUT2D eigenvalue weighted by atomic mass is 16.3. The molecule has 4 N–H and O–H groups in total. The summed E-state index contributed by atoms with van der Waals surface area (Å²) in [4.78, 5) is 8.57. The van der Waals surface area contributed by atoms with Gasteiger partial charge in [0.2, 0.25) is 0 Å². The van der Waals surface area contributed by atoms with Gasteiger partial charge in [-0.1, -0.05) is 36.4 Å². The van der Waals surface area contributed by atoms with Crippen LogP contribution < -0.4 is 21.5 Å². The van der Waals surface area contributed by atoms with Gasteiger partial charge in [-0.3, -0.25) is 10.4 Å². The molecule has 2 aromatic heterocycles. The molecular weight excluding hydrogens is 352 g/mol. The van der Waals surface area contributed by atoms with Crippen LogP contribution in [0.2, 0.25) is 0 Å². The normalized spacial score (nSPS) is 10.4. The molecule has 0 unspecified atom stereocenters. The molecule has 0 radical (unpaired) electrons. The van der Waals surface area contributed by atoms with Crippen LogP contribution in [-0.2, 0) is 6.54 Å². The van der Waals surface area contributed by atoms with Crippen molar-refractivity contribution in [1.29, 1.82) is 0 Å². The fourth-order valence-electron chi connectivity index (χ4n) is 2.75. The number of nitrogens with zero attached hydrogens (tertiary/aromatic N) is 3. The Morgan fingerprint density at radius 1 is 0.821 bits per heavy atom. The Bertz CT molecular complexity index is 966. The van der Waals surface area contributed by atoms with E-state index in [9.17, 15) is 0 Å². The van der Waals surface area contributed by atoms with Gasteiger partial charge in [0.05, 0.1) is 24.2 Å². The van der Waals surface area contributed by atoms with Crippen molar-refractivity contribution in [2.45, 2.75) is 6.54 Å². The number of anilines is 5. The van der Waals surface area contributed by atoms with Crippen molar-refractivity contribution >= 4 is 28.7 Å². The van der Waals surface area contributed by atoms with Crippen LogP contribution in [0.5, 0.6) is 0 Å². The third kappa shape index (κ3) is 3.88. The van der Waals surface area contributed by atoms with Gasteiger partial charge in [-0.2, -0.15) is 0 Å². The van der Waals surface area contributed by atoms with E-state index in [2.05, 4.69) is 20.7 Å². The molecule has 0 aliphatic heterocycles. The second-order valence-corrected chi connectivity index (χ2v) is 6.04. The van der Waals surface area contributed by atoms with Crippen LogP contribution in [0, 0.1) is 0 Å². The number of para-hydroxylation sites is 2. The van der Waals surface area contributed by atoms with E-state index in [1.165, 1.54) is 6.33 Å². The summed E-state index contributed by atoms with van der Waals surface area (Å²) >= 11 is 0. The van der Waals surface area contributed by atoms with Crippen molar-refractivity contribution in [3.05, 3.63) is 91.1 Å². The molecule has 2 heterocycles. The minimum atomic E-state index is 0.422. The van der Waals surface area contributed by atoms with Gasteiger partial charge >= 0.3 is 0 Å². The molecule has 0 aliphatic carbocycles. The number of benzene rings is 2. The first-order chi connectivity index (χ1) is 13.8. The molecule has 0 spiro atoms. The standard InChI is InChI=1S/C21H20N6O/c22-19-20(23-14-18-12-7-13-28-18)24-15-25-21(19)26-27(16-8-3-1-4-9-16)17-10-5-2-6-11-17/h1-13,15H,14,22H2,(H2,23,24,25,26). The first-order valence-corrected chi connectivity index (χ1v) is 8.85. The summed E-state index contributed by atoms with van der Waals surface area (Å²) in [5.74, 6) is 1.84. The Morgan fingerprint density at radius 2 is 1.46 bits per heavy atom. The zero-order valence-corrected chi connectivity index (χ0v) is 15.1. The Morgan fingerprint density at radius 3 is 2.07 bits per heavy atom. The number of rotatable bonds is 7. The van der Waals surface area contributed by atoms with Crippen LogP contribution in [0.4, 0.5) is 28.7 Å². The number of nitrogens with one attached hydrogen (secondary N) is 2. The maximum absolute atomic E-state index is 6.32. The molecule has 0 fully saturated rings. The molecule has 0 saturated carbocycles. The number of hydrogen-bond donors (Lipinski definition) is 3. The van der Waals surface area contributed by atoms with Crippen molar-refractivity contribution in [1.82, 2.24) is 9.97 Å². The number of aromatic nitrogens is 2. The van der Waals surface area contributed by atoms with Gasteiger partial charge in [-0.15, -0.1) is 0 Å². The lowest BCUT2D eigenvalue weighted by molar-refractivity contribution is 0.518. The van der Waals surface area contributed by atoms with E-state index in [4.69, 9.17) is 10.2 Å². The first kappa shape index (κ1) is 17.4. The summed E-state index contributed by atoms with van der Waals surface area (Å²) < 4.78 is 5.33. The summed E-state index contributed by atoms with van der Waals surface area (Å²) in [5, 5.41) is 5.11. The van der Waals surface area contributed by atoms with E-state index in [1.54, 1.807) is 6.26 Å². The van der Waals surface area contributed by atoms with Crippen LogP contribution in [0.15, 0.2) is 89.8 Å². The predicted molar refractivity (Wildman–Crippen MR) is 111 cm³/mol. The largest absolute Gasteiger partial charge is 0.467 e. The predicted octanol–water partition coefficient (Wildman–Crippen LogP) is 4.43. The maximum Gasteiger partial charge on any atom is 0.173 e. The summed E-state index contributed by atoms with van der Waals surface area (Å²) in [5.41, 5.74) is 12.0. The monoisotopic (exact) mass is 372 g/mol. The Labute approximate surface area is 162 Å². The molecule has 0 bridgehead atoms. The second kappa shape index (κ2) is 8.13. The van der Waals surface area contributed by atoms with Crippen molar-refractivity contribution in [3.8, 4) is 0 Å². The zero-order valence-electron chi connectivity index (χ0n) is 15.1. The van der Waals surface area contributed by atoms with E-state index >= 15 is 0 Å². The third-order valence-corrected chi connectivity index (χ3v) is 4.14. The lowest BCUT2D eigenvalue weighted by Crippen LogP contribution is -2.26. The average molecular weight is 372 g/mol. The van der Waals surface area contributed by atoms with Crippen LogP contribution in [0.25, 0.3) is 0 Å². The molecule has 0 amide bonds. The van der Waals surface area contributed by atoms with E-state index < -0.39 is 0 Å². The topological polar surface area (TPSA) is 92.2 Å². The number of nitrogen functional groups attached to an aromatic ring is 1. The van der Waals surface area contributed by atoms with Gasteiger partial charge in [-0.05, 0) is 36.4 Å². The van der Waals surface area contributed by atoms with Crippen molar-refractivity contribution < 1.29 is 4.42 Å². The van der Waals surface area contributed by atoms with Crippen molar-refractivity contribution in [2.24, 2.45) is 0 Å². The summed E-state index contributed by atoms with van der Waals surface area (Å²) in [6.45, 7) is 0.481. The summed E-state index contributed by atoms with van der Waals surface area (Å²) in [6, 6.07) is 23.6. The molecule has 0 atom stereocenters. The highest BCUT2D eigenvalue weighted by Crippen LogP contribution is 2.29. The smallest absolute Gasteiger partial charge is 0.173 e. The Kier molecular flexibility index (Phi) is 5.06. The van der Waals surface area contributed by atoms with Crippen LogP contribution >= 0.6 is 0 Å². The van der Waals surface area contributed by atoms with Gasteiger partial charge in [-0.25, -0.2) is 9.97 Å². The minimum Gasteiger partial charge on any atom is -0.467 e. The highest BCUT2D eigenvalue weighted by molar-refractivity contribution is 5.77. The molecule has 0 saturated heterocycles. The number of hydrazine groups is 1. The van der Waals surface area contributed by atoms with E-state index in [-0.39, 0.29) is 0 Å². The van der Waals surface area contributed by atoms with Crippen molar-refractivity contribution in [2.75, 3.05) is 21.5 Å². The summed E-state index contributed by atoms with van der Waals surface area (Å²) in [7, 11) is 0. The quantitative estimate of drug-likeness (QED) is 0.413. The van der Waals surface area contributed by atoms with Gasteiger partial charge in [0.25, 0.3) is 0 Å². The van der Waals surface area contributed by atoms with Crippen LogP contribution in [-0.4, -0.2) is 9.97 Å². The number of hydrogen-bond acceptors (Lipinski definition) is 7. The van der Waals surface area contributed by atoms with Gasteiger partial charge in [0.1, 0.15) is 17.8 Å². The van der Waals surface area contributed by atoms with E-state index in [1.807, 2.05) is 77.8 Å². The van der Waals surface area contributed by atoms with E-state index in [0.717, 1.165) is 17.1 Å². The Hall–Kier alpha value is -4.00. The lowest BCUT2D eigenvalue weighted by atomic mass is 10.2.